The minimum absolute atomic E-state index is 0. The summed E-state index contributed by atoms with van der Waals surface area (Å²) < 4.78 is 0. The van der Waals surface area contributed by atoms with Gasteiger partial charge in [-0.2, -0.15) is 0 Å². The molecule has 1 rings (SSSR count). The van der Waals surface area contributed by atoms with Gasteiger partial charge in [-0.3, -0.25) is 14.8 Å². The van der Waals surface area contributed by atoms with Gasteiger partial charge in [0.05, 0.1) is 12.1 Å². The van der Waals surface area contributed by atoms with Gasteiger partial charge in [0.25, 0.3) is 0 Å². The number of carboxylic acid groups (broad SMARTS) is 1. The Kier molecular flexibility index (Phi) is 5.36. The number of hydrogen-bond acceptors (Lipinski definition) is 3. The molecule has 56 valence electrons. The summed E-state index contributed by atoms with van der Waals surface area (Å²) in [6.07, 6.45) is 4.35. The Hall–Kier alpha value is -0.190. The van der Waals surface area contributed by atoms with Crippen LogP contribution in [0.5, 0.6) is 0 Å². The van der Waals surface area contributed by atoms with Crippen LogP contribution in [0.1, 0.15) is 5.69 Å². The average molecular weight is 180 g/mol. The summed E-state index contributed by atoms with van der Waals surface area (Å²) in [7, 11) is 0. The zero-order chi connectivity index (χ0) is 7.40. The number of carboxylic acids is 1. The first-order chi connectivity index (χ1) is 4.79. The molecule has 5 heteroatoms. The van der Waals surface area contributed by atoms with Crippen molar-refractivity contribution in [2.24, 2.45) is 0 Å². The second kappa shape index (κ2) is 5.46. The van der Waals surface area contributed by atoms with Crippen LogP contribution >= 0.6 is 0 Å². The van der Waals surface area contributed by atoms with Crippen molar-refractivity contribution >= 4 is 43.7 Å². The zero-order valence-electron chi connectivity index (χ0n) is 5.19. The number of aromatic nitrogens is 2. The van der Waals surface area contributed by atoms with E-state index in [4.69, 9.17) is 5.11 Å². The van der Waals surface area contributed by atoms with Gasteiger partial charge in [-0.1, -0.05) is 0 Å². The summed E-state index contributed by atoms with van der Waals surface area (Å²) >= 11 is 0. The molecule has 1 aromatic heterocycles. The molecule has 4 nitrogen and oxygen atoms in total. The van der Waals surface area contributed by atoms with Crippen LogP contribution in [0.2, 0.25) is 0 Å². The fraction of sp³-hybridized carbons (Fsp3) is 0.167. The van der Waals surface area contributed by atoms with Gasteiger partial charge in [0.1, 0.15) is 0 Å². The minimum atomic E-state index is -0.888. The third-order valence-corrected chi connectivity index (χ3v) is 0.949. The van der Waals surface area contributed by atoms with Crippen LogP contribution in [-0.4, -0.2) is 58.8 Å². The molecule has 0 aliphatic heterocycles. The summed E-state index contributed by atoms with van der Waals surface area (Å²) in [5.41, 5.74) is 0.481. The molecule has 0 amide bonds. The molecular formula is C6H8CaN2O2. The Bertz CT molecular complexity index is 227. The van der Waals surface area contributed by atoms with E-state index in [1.54, 1.807) is 0 Å². The normalized spacial score (nSPS) is 8.36. The van der Waals surface area contributed by atoms with Gasteiger partial charge in [-0.25, -0.2) is 0 Å². The maximum atomic E-state index is 10.1. The van der Waals surface area contributed by atoms with Crippen LogP contribution in [0.3, 0.4) is 0 Å². The molecule has 0 spiro atoms. The quantitative estimate of drug-likeness (QED) is 0.604. The SMILES string of the molecule is O=C(O)Cc1cnccn1.[CaH2]. The number of carbonyl (C=O) groups is 1. The van der Waals surface area contributed by atoms with Crippen LogP contribution in [0.25, 0.3) is 0 Å². The summed E-state index contributed by atoms with van der Waals surface area (Å²) in [5, 5.41) is 8.30. The molecular weight excluding hydrogens is 172 g/mol. The Labute approximate surface area is 93.7 Å². The van der Waals surface area contributed by atoms with E-state index in [0.717, 1.165) is 0 Å². The molecule has 0 aliphatic rings. The van der Waals surface area contributed by atoms with E-state index in [1.807, 2.05) is 0 Å². The van der Waals surface area contributed by atoms with Crippen molar-refractivity contribution in [3.8, 4) is 0 Å². The molecule has 0 saturated carbocycles. The van der Waals surface area contributed by atoms with Crippen LogP contribution in [0.4, 0.5) is 0 Å². The number of nitrogens with zero attached hydrogens (tertiary/aromatic N) is 2. The fourth-order valence-electron chi connectivity index (χ4n) is 0.576. The van der Waals surface area contributed by atoms with E-state index in [1.165, 1.54) is 18.6 Å². The number of hydrogen-bond donors (Lipinski definition) is 1. The molecule has 0 aliphatic carbocycles. The van der Waals surface area contributed by atoms with Crippen LogP contribution < -0.4 is 0 Å². The molecule has 1 aromatic rings. The molecule has 1 heterocycles. The van der Waals surface area contributed by atoms with E-state index in [9.17, 15) is 4.79 Å². The first-order valence-corrected chi connectivity index (χ1v) is 2.76. The zero-order valence-corrected chi connectivity index (χ0v) is 5.19. The number of aliphatic carboxylic acids is 1. The molecule has 0 fully saturated rings. The topological polar surface area (TPSA) is 63.1 Å². The van der Waals surface area contributed by atoms with Gasteiger partial charge in [0.15, 0.2) is 0 Å². The van der Waals surface area contributed by atoms with Gasteiger partial charge in [-0.15, -0.1) is 0 Å². The van der Waals surface area contributed by atoms with Crippen molar-refractivity contribution in [2.75, 3.05) is 0 Å². The number of rotatable bonds is 2. The first-order valence-electron chi connectivity index (χ1n) is 2.76. The van der Waals surface area contributed by atoms with Crippen molar-refractivity contribution < 1.29 is 9.90 Å². The van der Waals surface area contributed by atoms with Gasteiger partial charge < -0.3 is 5.11 Å². The van der Waals surface area contributed by atoms with Crippen LogP contribution in [0.15, 0.2) is 18.6 Å². The molecule has 11 heavy (non-hydrogen) atoms. The maximum absolute atomic E-state index is 10.1. The van der Waals surface area contributed by atoms with Crippen molar-refractivity contribution in [3.63, 3.8) is 0 Å². The van der Waals surface area contributed by atoms with E-state index >= 15 is 0 Å². The van der Waals surface area contributed by atoms with Crippen LogP contribution in [0, 0.1) is 0 Å². The Morgan fingerprint density at radius 1 is 1.55 bits per heavy atom. The van der Waals surface area contributed by atoms with Crippen LogP contribution in [-0.2, 0) is 11.2 Å². The second-order valence-electron chi connectivity index (χ2n) is 1.77. The Morgan fingerprint density at radius 3 is 2.73 bits per heavy atom. The average Bonchev–Trinajstić information content (AvgIpc) is 1.88. The Morgan fingerprint density at radius 2 is 2.27 bits per heavy atom. The predicted octanol–water partition coefficient (Wildman–Crippen LogP) is -0.812. The molecule has 0 atom stereocenters. The van der Waals surface area contributed by atoms with E-state index in [-0.39, 0.29) is 44.2 Å². The monoisotopic (exact) mass is 180 g/mol. The summed E-state index contributed by atoms with van der Waals surface area (Å²) in [6.45, 7) is 0. The van der Waals surface area contributed by atoms with E-state index in [0.29, 0.717) is 5.69 Å². The fourth-order valence-corrected chi connectivity index (χ4v) is 0.576. The summed E-state index contributed by atoms with van der Waals surface area (Å²) in [5.74, 6) is -0.888. The van der Waals surface area contributed by atoms with E-state index < -0.39 is 5.97 Å². The molecule has 0 radical (unpaired) electrons. The standard InChI is InChI=1S/C6H6N2O2.Ca.2H/c9-6(10)3-5-4-7-1-2-8-5;;;/h1-2,4H,3H2,(H,9,10);;;. The van der Waals surface area contributed by atoms with Crippen molar-refractivity contribution in [1.82, 2.24) is 9.97 Å². The van der Waals surface area contributed by atoms with E-state index in [2.05, 4.69) is 9.97 Å². The second-order valence-corrected chi connectivity index (χ2v) is 1.77. The Balaban J connectivity index is 0.000001000. The van der Waals surface area contributed by atoms with Gasteiger partial charge in [-0.05, 0) is 0 Å². The van der Waals surface area contributed by atoms with Crippen molar-refractivity contribution in [1.29, 1.82) is 0 Å². The summed E-state index contributed by atoms with van der Waals surface area (Å²) in [4.78, 5) is 17.6. The third-order valence-electron chi connectivity index (χ3n) is 0.949. The van der Waals surface area contributed by atoms with Crippen molar-refractivity contribution in [3.05, 3.63) is 24.3 Å². The van der Waals surface area contributed by atoms with Gasteiger partial charge >= 0.3 is 43.7 Å². The van der Waals surface area contributed by atoms with Gasteiger partial charge in [0.2, 0.25) is 0 Å². The predicted molar refractivity (Wildman–Crippen MR) is 41.9 cm³/mol. The first kappa shape index (κ1) is 10.8. The van der Waals surface area contributed by atoms with Gasteiger partial charge in [0, 0.05) is 18.6 Å². The summed E-state index contributed by atoms with van der Waals surface area (Å²) in [6, 6.07) is 0. The third kappa shape index (κ3) is 4.29. The molecule has 0 aromatic carbocycles. The molecule has 0 unspecified atom stereocenters. The molecule has 0 bridgehead atoms. The molecule has 1 N–H and O–H groups in total. The molecule has 0 saturated heterocycles. The van der Waals surface area contributed by atoms with Crippen molar-refractivity contribution in [2.45, 2.75) is 6.42 Å².